The maximum Gasteiger partial charge on any atom is 0.419 e. The molecule has 1 N–H and O–H groups in total. The lowest BCUT2D eigenvalue weighted by Crippen LogP contribution is -2.32. The van der Waals surface area contributed by atoms with Crippen molar-refractivity contribution in [3.05, 3.63) is 35.1 Å². The Balaban J connectivity index is 2.14. The first-order valence-electron chi connectivity index (χ1n) is 5.99. The summed E-state index contributed by atoms with van der Waals surface area (Å²) < 4.78 is 51.4. The number of hydrogen-bond acceptors (Lipinski definition) is 1. The van der Waals surface area contributed by atoms with Gasteiger partial charge in [-0.3, -0.25) is 4.79 Å². The zero-order chi connectivity index (χ0) is 15.0. The Bertz CT molecular complexity index is 526. The van der Waals surface area contributed by atoms with Crippen LogP contribution in [0.15, 0.2) is 18.2 Å². The smallest absolute Gasteiger partial charge is 0.351 e. The Hall–Kier alpha value is -1.30. The van der Waals surface area contributed by atoms with Gasteiger partial charge in [0.1, 0.15) is 5.82 Å². The normalized spacial score (nSPS) is 16.9. The van der Waals surface area contributed by atoms with E-state index in [4.69, 9.17) is 11.6 Å². The first-order chi connectivity index (χ1) is 9.29. The molecule has 0 saturated heterocycles. The van der Waals surface area contributed by atoms with Gasteiger partial charge in [-0.15, -0.1) is 11.6 Å². The first-order valence-corrected chi connectivity index (χ1v) is 6.52. The summed E-state index contributed by atoms with van der Waals surface area (Å²) in [4.78, 5) is 11.8. The second-order valence-electron chi connectivity index (χ2n) is 4.98. The summed E-state index contributed by atoms with van der Waals surface area (Å²) in [5.41, 5.74) is -2.23. The van der Waals surface area contributed by atoms with Gasteiger partial charge in [-0.2, -0.15) is 13.2 Å². The molecular weight excluding hydrogens is 298 g/mol. The Morgan fingerprint density at radius 3 is 2.50 bits per heavy atom. The van der Waals surface area contributed by atoms with E-state index in [1.54, 1.807) is 0 Å². The summed E-state index contributed by atoms with van der Waals surface area (Å²) in [6.45, 7) is 0.241. The van der Waals surface area contributed by atoms with Gasteiger partial charge in [0.15, 0.2) is 0 Å². The van der Waals surface area contributed by atoms with Gasteiger partial charge in [0.2, 0.25) is 0 Å². The number of benzene rings is 1. The molecular formula is C13H12ClF4NO. The molecule has 1 aliphatic rings. The minimum Gasteiger partial charge on any atom is -0.351 e. The van der Waals surface area contributed by atoms with Crippen LogP contribution in [0.4, 0.5) is 17.6 Å². The summed E-state index contributed by atoms with van der Waals surface area (Å²) >= 11 is 5.73. The summed E-state index contributed by atoms with van der Waals surface area (Å²) in [5, 5.41) is 2.44. The van der Waals surface area contributed by atoms with Gasteiger partial charge in [-0.1, -0.05) is 6.07 Å². The molecule has 2 nitrogen and oxygen atoms in total. The van der Waals surface area contributed by atoms with Crippen molar-refractivity contribution in [2.45, 2.75) is 19.0 Å². The van der Waals surface area contributed by atoms with E-state index in [1.165, 1.54) is 0 Å². The van der Waals surface area contributed by atoms with Gasteiger partial charge in [0.05, 0.1) is 11.1 Å². The zero-order valence-electron chi connectivity index (χ0n) is 10.4. The lowest BCUT2D eigenvalue weighted by atomic mass is 10.1. The minimum atomic E-state index is -4.83. The van der Waals surface area contributed by atoms with Crippen LogP contribution < -0.4 is 5.32 Å². The third-order valence-corrected chi connectivity index (χ3v) is 3.98. The molecule has 20 heavy (non-hydrogen) atoms. The van der Waals surface area contributed by atoms with Crippen LogP contribution in [0.25, 0.3) is 0 Å². The first kappa shape index (κ1) is 15.1. The number of nitrogens with one attached hydrogen (secondary N) is 1. The standard InChI is InChI=1S/C13H12ClF4NO/c14-6-12(4-5-12)7-19-11(20)8-2-1-3-9(10(8)15)13(16,17)18/h1-3H,4-7H2,(H,19,20). The average Bonchev–Trinajstić information content (AvgIpc) is 3.15. The number of hydrogen-bond donors (Lipinski definition) is 1. The van der Waals surface area contributed by atoms with Crippen molar-refractivity contribution >= 4 is 17.5 Å². The second-order valence-corrected chi connectivity index (χ2v) is 5.25. The molecule has 0 radical (unpaired) electrons. The van der Waals surface area contributed by atoms with Crippen molar-refractivity contribution in [2.75, 3.05) is 12.4 Å². The summed E-state index contributed by atoms with van der Waals surface area (Å²) in [5.74, 6) is -2.04. The number of carbonyl (C=O) groups is 1. The van der Waals surface area contributed by atoms with E-state index in [0.29, 0.717) is 11.9 Å². The highest BCUT2D eigenvalue weighted by atomic mass is 35.5. The fourth-order valence-corrected chi connectivity index (χ4v) is 2.19. The number of amides is 1. The topological polar surface area (TPSA) is 29.1 Å². The molecule has 110 valence electrons. The third-order valence-electron chi connectivity index (χ3n) is 3.41. The van der Waals surface area contributed by atoms with Crippen molar-refractivity contribution in [3.63, 3.8) is 0 Å². The van der Waals surface area contributed by atoms with Gasteiger partial charge in [0, 0.05) is 17.8 Å². The molecule has 0 bridgehead atoms. The summed E-state index contributed by atoms with van der Waals surface area (Å²) in [6, 6.07) is 2.64. The highest BCUT2D eigenvalue weighted by molar-refractivity contribution is 6.18. The number of alkyl halides is 4. The van der Waals surface area contributed by atoms with E-state index in [0.717, 1.165) is 25.0 Å². The van der Waals surface area contributed by atoms with Gasteiger partial charge in [-0.05, 0) is 25.0 Å². The van der Waals surface area contributed by atoms with Gasteiger partial charge >= 0.3 is 6.18 Å². The maximum atomic E-state index is 13.7. The molecule has 1 aromatic carbocycles. The Morgan fingerprint density at radius 2 is 2.00 bits per heavy atom. The molecule has 1 saturated carbocycles. The number of rotatable bonds is 4. The highest BCUT2D eigenvalue weighted by Crippen LogP contribution is 2.45. The Morgan fingerprint density at radius 1 is 1.35 bits per heavy atom. The average molecular weight is 310 g/mol. The van der Waals surface area contributed by atoms with Crippen molar-refractivity contribution in [1.82, 2.24) is 5.32 Å². The van der Waals surface area contributed by atoms with Crippen LogP contribution in [0.2, 0.25) is 0 Å². The fraction of sp³-hybridized carbons (Fsp3) is 0.462. The second kappa shape index (κ2) is 5.24. The lowest BCUT2D eigenvalue weighted by Gasteiger charge is -2.14. The van der Waals surface area contributed by atoms with Crippen LogP contribution >= 0.6 is 11.6 Å². The molecule has 0 atom stereocenters. The van der Waals surface area contributed by atoms with Crippen molar-refractivity contribution < 1.29 is 22.4 Å². The number of carbonyl (C=O) groups excluding carboxylic acids is 1. The van der Waals surface area contributed by atoms with Crippen LogP contribution in [-0.2, 0) is 6.18 Å². The molecule has 1 aliphatic carbocycles. The quantitative estimate of drug-likeness (QED) is 0.668. The van der Waals surface area contributed by atoms with Crippen LogP contribution in [0, 0.1) is 11.2 Å². The molecule has 0 spiro atoms. The highest BCUT2D eigenvalue weighted by Gasteiger charge is 2.42. The van der Waals surface area contributed by atoms with E-state index in [1.807, 2.05) is 0 Å². The van der Waals surface area contributed by atoms with Crippen LogP contribution in [0.5, 0.6) is 0 Å². The minimum absolute atomic E-state index is 0.185. The van der Waals surface area contributed by atoms with Gasteiger partial charge in [0.25, 0.3) is 5.91 Å². The monoisotopic (exact) mass is 309 g/mol. The molecule has 7 heteroatoms. The molecule has 1 aromatic rings. The fourth-order valence-electron chi connectivity index (χ4n) is 1.82. The van der Waals surface area contributed by atoms with E-state index < -0.39 is 29.0 Å². The predicted octanol–water partition coefficient (Wildman–Crippen LogP) is 3.59. The Kier molecular flexibility index (Phi) is 3.95. The lowest BCUT2D eigenvalue weighted by molar-refractivity contribution is -0.140. The molecule has 0 unspecified atom stereocenters. The van der Waals surface area contributed by atoms with Crippen molar-refractivity contribution in [3.8, 4) is 0 Å². The Labute approximate surface area is 118 Å². The molecule has 2 rings (SSSR count). The van der Waals surface area contributed by atoms with Crippen LogP contribution in [-0.4, -0.2) is 18.3 Å². The van der Waals surface area contributed by atoms with Gasteiger partial charge in [-0.25, -0.2) is 4.39 Å². The van der Waals surface area contributed by atoms with E-state index in [9.17, 15) is 22.4 Å². The summed E-state index contributed by atoms with van der Waals surface area (Å²) in [6.07, 6.45) is -3.13. The third kappa shape index (κ3) is 3.06. The van der Waals surface area contributed by atoms with Crippen molar-refractivity contribution in [1.29, 1.82) is 0 Å². The van der Waals surface area contributed by atoms with E-state index >= 15 is 0 Å². The van der Waals surface area contributed by atoms with Crippen LogP contribution in [0.3, 0.4) is 0 Å². The molecule has 0 aliphatic heterocycles. The zero-order valence-corrected chi connectivity index (χ0v) is 11.1. The van der Waals surface area contributed by atoms with Crippen molar-refractivity contribution in [2.24, 2.45) is 5.41 Å². The number of halogens is 5. The summed E-state index contributed by atoms with van der Waals surface area (Å²) in [7, 11) is 0. The molecule has 0 aromatic heterocycles. The molecule has 0 heterocycles. The molecule has 1 amide bonds. The largest absolute Gasteiger partial charge is 0.419 e. The SMILES string of the molecule is O=C(NCC1(CCl)CC1)c1cccc(C(F)(F)F)c1F. The van der Waals surface area contributed by atoms with Crippen LogP contribution in [0.1, 0.15) is 28.8 Å². The van der Waals surface area contributed by atoms with E-state index in [-0.39, 0.29) is 12.0 Å². The maximum absolute atomic E-state index is 13.7. The van der Waals surface area contributed by atoms with Gasteiger partial charge < -0.3 is 5.32 Å². The predicted molar refractivity (Wildman–Crippen MR) is 66.1 cm³/mol. The van der Waals surface area contributed by atoms with E-state index in [2.05, 4.69) is 5.32 Å². The molecule has 1 fully saturated rings.